The van der Waals surface area contributed by atoms with Crippen LogP contribution in [0.25, 0.3) is 6.08 Å². The Kier molecular flexibility index (Phi) is 14.8. The van der Waals surface area contributed by atoms with Crippen LogP contribution in [0.2, 0.25) is 0 Å². The number of allylic oxidation sites excluding steroid dienone is 1. The van der Waals surface area contributed by atoms with Gasteiger partial charge in [0.25, 0.3) is 10.1 Å². The lowest BCUT2D eigenvalue weighted by atomic mass is 9.82. The second-order valence-electron chi connectivity index (χ2n) is 9.76. The SMILES string of the molecule is CC(C)C[C@@H](C(=O)NN(CCN)S(C)(=O)=O)[C@H](CC=Cc1ccccc1)C(=O)NO.Cc1ccc(S(=O)(=O)O)cc1. The summed E-state index contributed by atoms with van der Waals surface area (Å²) in [5.74, 6) is -3.03. The van der Waals surface area contributed by atoms with Crippen LogP contribution in [0.15, 0.2) is 65.6 Å². The third-order valence-electron chi connectivity index (χ3n) is 5.78. The van der Waals surface area contributed by atoms with E-state index < -0.39 is 43.8 Å². The molecule has 0 aliphatic rings. The number of amides is 2. The molecule has 0 bridgehead atoms. The van der Waals surface area contributed by atoms with Crippen molar-refractivity contribution in [2.24, 2.45) is 23.5 Å². The number of rotatable bonds is 13. The van der Waals surface area contributed by atoms with E-state index in [-0.39, 0.29) is 30.3 Å². The fourth-order valence-electron chi connectivity index (χ4n) is 3.75. The van der Waals surface area contributed by atoms with Gasteiger partial charge in [-0.3, -0.25) is 24.8 Å². The molecule has 0 aliphatic heterocycles. The topological polar surface area (TPSA) is 196 Å². The molecule has 2 atom stereocenters. The molecule has 6 N–H and O–H groups in total. The van der Waals surface area contributed by atoms with Gasteiger partial charge in [0.05, 0.1) is 23.0 Å². The molecule has 2 aromatic carbocycles. The van der Waals surface area contributed by atoms with E-state index in [1.165, 1.54) is 12.1 Å². The van der Waals surface area contributed by atoms with Crippen LogP contribution >= 0.6 is 0 Å². The quantitative estimate of drug-likeness (QED) is 0.128. The number of sulfonamides is 1. The minimum Gasteiger partial charge on any atom is -0.329 e. The summed E-state index contributed by atoms with van der Waals surface area (Å²) in [7, 11) is -7.75. The number of hydrogen-bond donors (Lipinski definition) is 5. The predicted octanol–water partition coefficient (Wildman–Crippen LogP) is 2.37. The number of hydroxylamine groups is 1. The fourth-order valence-corrected chi connectivity index (χ4v) is 4.92. The Bertz CT molecular complexity index is 1350. The first kappa shape index (κ1) is 35.9. The van der Waals surface area contributed by atoms with Gasteiger partial charge in [0.2, 0.25) is 21.8 Å². The van der Waals surface area contributed by atoms with Gasteiger partial charge in [0.1, 0.15) is 0 Å². The highest BCUT2D eigenvalue weighted by Gasteiger charge is 2.35. The summed E-state index contributed by atoms with van der Waals surface area (Å²) in [5, 5.41) is 9.20. The molecular weight excluding hydrogens is 572 g/mol. The number of aryl methyl sites for hydroxylation is 1. The van der Waals surface area contributed by atoms with Crippen LogP contribution in [0.3, 0.4) is 0 Å². The van der Waals surface area contributed by atoms with Crippen molar-refractivity contribution in [2.45, 2.75) is 38.5 Å². The molecule has 2 amide bonds. The number of hydrogen-bond acceptors (Lipinski definition) is 8. The number of hydrazine groups is 1. The molecule has 12 nitrogen and oxygen atoms in total. The maximum absolute atomic E-state index is 13.0. The molecular formula is C27H40N4O8S2. The zero-order chi connectivity index (χ0) is 31.2. The van der Waals surface area contributed by atoms with Gasteiger partial charge in [0.15, 0.2) is 0 Å². The van der Waals surface area contributed by atoms with E-state index in [0.29, 0.717) is 6.42 Å². The molecule has 2 rings (SSSR count). The van der Waals surface area contributed by atoms with E-state index in [4.69, 9.17) is 10.3 Å². The average molecular weight is 613 g/mol. The summed E-state index contributed by atoms with van der Waals surface area (Å²) in [6.45, 7) is 5.55. The molecule has 0 aromatic heterocycles. The molecule has 0 aliphatic carbocycles. The van der Waals surface area contributed by atoms with E-state index in [0.717, 1.165) is 21.8 Å². The summed E-state index contributed by atoms with van der Waals surface area (Å²) in [4.78, 5) is 25.3. The summed E-state index contributed by atoms with van der Waals surface area (Å²) in [5.41, 5.74) is 11.3. The molecule has 41 heavy (non-hydrogen) atoms. The molecule has 228 valence electrons. The van der Waals surface area contributed by atoms with Crippen molar-refractivity contribution >= 4 is 38.0 Å². The first-order chi connectivity index (χ1) is 19.1. The summed E-state index contributed by atoms with van der Waals surface area (Å²) >= 11 is 0. The Hall–Kier alpha value is -3.14. The van der Waals surface area contributed by atoms with Gasteiger partial charge in [-0.1, -0.05) is 74.0 Å². The second-order valence-corrected chi connectivity index (χ2v) is 13.1. The Morgan fingerprint density at radius 2 is 1.56 bits per heavy atom. The number of benzene rings is 2. The predicted molar refractivity (Wildman–Crippen MR) is 156 cm³/mol. The average Bonchev–Trinajstić information content (AvgIpc) is 2.89. The van der Waals surface area contributed by atoms with Gasteiger partial charge in [-0.25, -0.2) is 13.9 Å². The van der Waals surface area contributed by atoms with E-state index in [2.05, 4.69) is 5.43 Å². The highest BCUT2D eigenvalue weighted by atomic mass is 32.2. The third-order valence-corrected chi connectivity index (χ3v) is 7.72. The van der Waals surface area contributed by atoms with Crippen molar-refractivity contribution in [1.29, 1.82) is 0 Å². The summed E-state index contributed by atoms with van der Waals surface area (Å²) < 4.78 is 54.2. The van der Waals surface area contributed by atoms with E-state index >= 15 is 0 Å². The molecule has 0 fully saturated rings. The maximum atomic E-state index is 13.0. The zero-order valence-corrected chi connectivity index (χ0v) is 25.2. The first-order valence-corrected chi connectivity index (χ1v) is 16.1. The minimum absolute atomic E-state index is 0.0164. The lowest BCUT2D eigenvalue weighted by Crippen LogP contribution is -2.52. The Labute approximate surface area is 242 Å². The van der Waals surface area contributed by atoms with Crippen molar-refractivity contribution in [3.8, 4) is 0 Å². The van der Waals surface area contributed by atoms with Crippen molar-refractivity contribution < 1.29 is 36.2 Å². The van der Waals surface area contributed by atoms with Gasteiger partial charge in [-0.2, -0.15) is 8.42 Å². The van der Waals surface area contributed by atoms with Gasteiger partial charge in [-0.15, -0.1) is 4.41 Å². The first-order valence-electron chi connectivity index (χ1n) is 12.8. The lowest BCUT2D eigenvalue weighted by molar-refractivity contribution is -0.141. The Morgan fingerprint density at radius 3 is 2.02 bits per heavy atom. The van der Waals surface area contributed by atoms with Crippen LogP contribution in [0.1, 0.15) is 37.8 Å². The van der Waals surface area contributed by atoms with Crippen molar-refractivity contribution in [1.82, 2.24) is 15.3 Å². The molecule has 0 spiro atoms. The van der Waals surface area contributed by atoms with Crippen LogP contribution in [0.4, 0.5) is 0 Å². The number of nitrogens with zero attached hydrogens (tertiary/aromatic N) is 1. The van der Waals surface area contributed by atoms with Crippen LogP contribution in [0, 0.1) is 24.7 Å². The number of carbonyl (C=O) groups is 2. The van der Waals surface area contributed by atoms with Crippen molar-refractivity contribution in [3.05, 3.63) is 71.8 Å². The van der Waals surface area contributed by atoms with Gasteiger partial charge in [-0.05, 0) is 43.4 Å². The van der Waals surface area contributed by atoms with Gasteiger partial charge < -0.3 is 5.73 Å². The Morgan fingerprint density at radius 1 is 0.976 bits per heavy atom. The number of carbonyl (C=O) groups excluding carboxylic acids is 2. The van der Waals surface area contributed by atoms with Crippen molar-refractivity contribution in [2.75, 3.05) is 19.3 Å². The monoisotopic (exact) mass is 612 g/mol. The number of nitrogens with two attached hydrogens (primary N) is 1. The van der Waals surface area contributed by atoms with Gasteiger partial charge >= 0.3 is 0 Å². The molecule has 0 saturated heterocycles. The smallest absolute Gasteiger partial charge is 0.294 e. The highest BCUT2D eigenvalue weighted by Crippen LogP contribution is 2.25. The molecule has 2 aromatic rings. The minimum atomic E-state index is -4.02. The van der Waals surface area contributed by atoms with Crippen LogP contribution in [-0.2, 0) is 29.7 Å². The van der Waals surface area contributed by atoms with E-state index in [1.807, 2.05) is 57.2 Å². The Balaban J connectivity index is 0.000000634. The second kappa shape index (κ2) is 17.0. The van der Waals surface area contributed by atoms with E-state index in [9.17, 15) is 31.6 Å². The summed E-state index contributed by atoms with van der Waals surface area (Å²) in [6.07, 6.45) is 5.04. The lowest BCUT2D eigenvalue weighted by Gasteiger charge is -2.28. The third kappa shape index (κ3) is 13.4. The largest absolute Gasteiger partial charge is 0.329 e. The van der Waals surface area contributed by atoms with Crippen LogP contribution < -0.4 is 16.6 Å². The normalized spacial score (nSPS) is 13.4. The molecule has 0 unspecified atom stereocenters. The van der Waals surface area contributed by atoms with Gasteiger partial charge in [0, 0.05) is 13.1 Å². The fraction of sp³-hybridized carbons (Fsp3) is 0.407. The zero-order valence-electron chi connectivity index (χ0n) is 23.6. The molecule has 0 saturated carbocycles. The van der Waals surface area contributed by atoms with Crippen LogP contribution in [0.5, 0.6) is 0 Å². The molecule has 0 heterocycles. The molecule has 0 radical (unpaired) electrons. The molecule has 14 heteroatoms. The maximum Gasteiger partial charge on any atom is 0.294 e. The highest BCUT2D eigenvalue weighted by molar-refractivity contribution is 7.88. The van der Waals surface area contributed by atoms with Crippen LogP contribution in [-0.4, -0.2) is 62.2 Å². The standard InChI is InChI=1S/C20H32N4O5S.C7H8O3S/c1-15(2)14-18(19(25)22-24(13-12-21)30(3,28)29)17(20(26)23-27)11-7-10-16-8-5-4-6-9-16;1-6-2-4-7(5-3-6)11(8,9)10/h4-10,15,17-18,27H,11-14,21H2,1-3H3,(H,22,25)(H,23,26);2-5H,1H3,(H,8,9,10)/t17-,18+;/m0./s1. The van der Waals surface area contributed by atoms with E-state index in [1.54, 1.807) is 23.7 Å². The summed E-state index contributed by atoms with van der Waals surface area (Å²) in [6, 6.07) is 15.4. The van der Waals surface area contributed by atoms with Crippen molar-refractivity contribution in [3.63, 3.8) is 0 Å². The number of nitrogens with one attached hydrogen (secondary N) is 2.